The fourth-order valence-electron chi connectivity index (χ4n) is 9.85. The number of rotatable bonds is 18. The number of amides is 6. The van der Waals surface area contributed by atoms with Crippen LogP contribution in [0.3, 0.4) is 0 Å². The molecule has 82 heavy (non-hydrogen) atoms. The predicted octanol–water partition coefficient (Wildman–Crippen LogP) is 9.83. The van der Waals surface area contributed by atoms with E-state index in [2.05, 4.69) is 21.3 Å². The van der Waals surface area contributed by atoms with Crippen molar-refractivity contribution in [3.05, 3.63) is 191 Å². The molecule has 2 aliphatic heterocycles. The quantitative estimate of drug-likeness (QED) is 0.0471. The van der Waals surface area contributed by atoms with Gasteiger partial charge in [0.15, 0.2) is 0 Å². The minimum Gasteiger partial charge on any atom is -0.489 e. The van der Waals surface area contributed by atoms with Crippen molar-refractivity contribution in [1.82, 2.24) is 31.1 Å². The minimum absolute atomic E-state index is 0.0117. The molecule has 2 aliphatic rings. The number of likely N-dealkylation sites (tertiary alicyclic amines) is 1. The largest absolute Gasteiger partial charge is 0.489 e. The molecule has 0 aliphatic carbocycles. The molecule has 0 radical (unpaired) electrons. The van der Waals surface area contributed by atoms with Gasteiger partial charge in [-0.2, -0.15) is 0 Å². The van der Waals surface area contributed by atoms with Crippen LogP contribution in [0.15, 0.2) is 158 Å². The number of nitrogens with one attached hydrogen (secondary N) is 4. The minimum atomic E-state index is -1.33. The molecular weight excluding hydrogens is 1040 g/mol. The van der Waals surface area contributed by atoms with Crippen LogP contribution >= 0.6 is 0 Å². The van der Waals surface area contributed by atoms with Gasteiger partial charge in [-0.1, -0.05) is 133 Å². The normalized spacial score (nSPS) is 17.4. The third-order valence-electron chi connectivity index (χ3n) is 14.2. The Bertz CT molecular complexity index is 3090. The Hall–Kier alpha value is -8.86. The van der Waals surface area contributed by atoms with Crippen LogP contribution in [0.4, 0.5) is 14.4 Å². The van der Waals surface area contributed by atoms with Gasteiger partial charge in [-0.3, -0.25) is 14.4 Å². The van der Waals surface area contributed by atoms with E-state index in [1.54, 1.807) is 25.7 Å². The molecule has 0 saturated carbocycles. The Morgan fingerprint density at radius 3 is 1.67 bits per heavy atom. The smallest absolute Gasteiger partial charge is 0.410 e. The van der Waals surface area contributed by atoms with Crippen LogP contribution in [0.1, 0.15) is 86.3 Å². The molecule has 4 atom stereocenters. The summed E-state index contributed by atoms with van der Waals surface area (Å²) in [5.74, 6) is -0.912. The Morgan fingerprint density at radius 2 is 1.13 bits per heavy atom. The zero-order valence-corrected chi connectivity index (χ0v) is 47.1. The van der Waals surface area contributed by atoms with E-state index in [-0.39, 0.29) is 71.2 Å². The average Bonchev–Trinajstić information content (AvgIpc) is 3.68. The third kappa shape index (κ3) is 17.6. The molecule has 1 fully saturated rings. The molecule has 1 unspecified atom stereocenters. The number of nitrogens with zero attached hydrogens (tertiary/aromatic N) is 2. The first kappa shape index (κ1) is 59.3. The van der Waals surface area contributed by atoms with Crippen LogP contribution in [-0.2, 0) is 67.9 Å². The molecule has 8 rings (SSSR count). The fraction of sp³-hybridized carbons (Fsp3) is 0.354. The zero-order chi connectivity index (χ0) is 57.8. The van der Waals surface area contributed by atoms with Crippen molar-refractivity contribution in [2.24, 2.45) is 0 Å². The fourth-order valence-corrected chi connectivity index (χ4v) is 9.85. The van der Waals surface area contributed by atoms with Gasteiger partial charge in [-0.05, 0) is 122 Å². The standard InChI is InChI=1S/C65H74N6O11/c1-65(2,3)82-64(77)71-35-18-17-28-53(71)40-67-60(73)56-39-52-37-50(31-33-58(52)79-42-46-22-11-6-12-23-46)49-30-32-57(78-41-45-20-9-5-10-21-45)51(36-49)38-55(69-63(76)81-44-48-26-15-8-16-27-48)59(72)68-54(61(74)70(56)4)29-19-34-66-62(75)80-43-47-24-13-7-14-25-47/h5-16,20-27,30-33,36-37,53-56H,17-19,28-29,34-35,38-44H2,1-4H3,(H,66,75)(H,67,73)(H,68,72)(H,69,76)/t53?,54-,55-,56-/m0/s1. The van der Waals surface area contributed by atoms with Gasteiger partial charge in [0.1, 0.15) is 61.7 Å². The number of benzene rings is 6. The van der Waals surface area contributed by atoms with Gasteiger partial charge in [-0.15, -0.1) is 0 Å². The average molecular weight is 1120 g/mol. The van der Waals surface area contributed by atoms with Gasteiger partial charge in [0.25, 0.3) is 0 Å². The number of hydrogen-bond acceptors (Lipinski definition) is 11. The molecule has 430 valence electrons. The van der Waals surface area contributed by atoms with Crippen molar-refractivity contribution in [2.45, 2.75) is 122 Å². The van der Waals surface area contributed by atoms with Crippen molar-refractivity contribution >= 4 is 36.0 Å². The molecule has 6 aromatic rings. The Kier molecular flexibility index (Phi) is 21.0. The lowest BCUT2D eigenvalue weighted by Gasteiger charge is -2.37. The number of piperidine rings is 1. The SMILES string of the molecule is CN1C(=O)[C@H](CCCNC(=O)OCc2ccccc2)NC(=O)[C@@H](NC(=O)OCc2ccccc2)Cc2cc(ccc2OCc2ccccc2)-c2ccc(OCc3ccccc3)c(c2)C[C@H]1C(=O)NCC1CCCCN1C(=O)OC(C)(C)C. The number of likely N-dealkylation sites (N-methyl/N-ethyl adjacent to an activating group) is 1. The molecule has 1 saturated heterocycles. The van der Waals surface area contributed by atoms with Crippen molar-refractivity contribution in [3.8, 4) is 22.6 Å². The Labute approximate surface area is 480 Å². The maximum Gasteiger partial charge on any atom is 0.410 e. The second-order valence-electron chi connectivity index (χ2n) is 21.6. The number of ether oxygens (including phenoxy) is 5. The van der Waals surface area contributed by atoms with Crippen LogP contribution in [0, 0.1) is 0 Å². The zero-order valence-electron chi connectivity index (χ0n) is 47.1. The summed E-state index contributed by atoms with van der Waals surface area (Å²) in [6.45, 7) is 6.40. The molecule has 2 heterocycles. The molecule has 6 aromatic carbocycles. The summed E-state index contributed by atoms with van der Waals surface area (Å²) in [4.78, 5) is 88.9. The molecule has 4 N–H and O–H groups in total. The van der Waals surface area contributed by atoms with Gasteiger partial charge in [-0.25, -0.2) is 14.4 Å². The number of fused-ring (bicyclic) bond motifs is 5. The number of alkyl carbamates (subject to hydrolysis) is 2. The maximum atomic E-state index is 15.4. The molecular formula is C65H74N6O11. The van der Waals surface area contributed by atoms with E-state index in [9.17, 15) is 14.4 Å². The highest BCUT2D eigenvalue weighted by atomic mass is 16.6. The third-order valence-corrected chi connectivity index (χ3v) is 14.2. The first-order chi connectivity index (χ1) is 39.7. The van der Waals surface area contributed by atoms with Gasteiger partial charge in [0, 0.05) is 39.5 Å². The Morgan fingerprint density at radius 1 is 0.622 bits per heavy atom. The van der Waals surface area contributed by atoms with Crippen LogP contribution < -0.4 is 30.7 Å². The highest BCUT2D eigenvalue weighted by molar-refractivity contribution is 5.94. The number of carbonyl (C=O) groups is 6. The van der Waals surface area contributed by atoms with Crippen molar-refractivity contribution in [3.63, 3.8) is 0 Å². The van der Waals surface area contributed by atoms with E-state index in [0.717, 1.165) is 46.2 Å². The summed E-state index contributed by atoms with van der Waals surface area (Å²) in [6, 6.07) is 44.8. The molecule has 4 bridgehead atoms. The monoisotopic (exact) mass is 1110 g/mol. The van der Waals surface area contributed by atoms with E-state index >= 15 is 14.4 Å². The summed E-state index contributed by atoms with van der Waals surface area (Å²) in [7, 11) is 1.51. The van der Waals surface area contributed by atoms with Gasteiger partial charge < -0.3 is 54.8 Å². The molecule has 0 aromatic heterocycles. The second kappa shape index (κ2) is 29.0. The van der Waals surface area contributed by atoms with Crippen molar-refractivity contribution in [1.29, 1.82) is 0 Å². The predicted molar refractivity (Wildman–Crippen MR) is 310 cm³/mol. The molecule has 6 amide bonds. The van der Waals surface area contributed by atoms with E-state index in [0.29, 0.717) is 35.6 Å². The second-order valence-corrected chi connectivity index (χ2v) is 21.6. The lowest BCUT2D eigenvalue weighted by molar-refractivity contribution is -0.142. The Balaban J connectivity index is 1.17. The lowest BCUT2D eigenvalue weighted by atomic mass is 9.94. The van der Waals surface area contributed by atoms with Crippen molar-refractivity contribution in [2.75, 3.05) is 26.7 Å². The highest BCUT2D eigenvalue weighted by Gasteiger charge is 2.37. The summed E-state index contributed by atoms with van der Waals surface area (Å²) >= 11 is 0. The summed E-state index contributed by atoms with van der Waals surface area (Å²) in [6.07, 6.45) is 0.237. The van der Waals surface area contributed by atoms with Crippen LogP contribution in [0.25, 0.3) is 11.1 Å². The molecule has 17 heteroatoms. The van der Waals surface area contributed by atoms with E-state index in [1.807, 2.05) is 158 Å². The molecule has 0 spiro atoms. The van der Waals surface area contributed by atoms with Crippen LogP contribution in [0.5, 0.6) is 11.5 Å². The van der Waals surface area contributed by atoms with Crippen LogP contribution in [0.2, 0.25) is 0 Å². The topological polar surface area (TPSA) is 203 Å². The van der Waals surface area contributed by atoms with E-state index in [1.165, 1.54) is 11.9 Å². The van der Waals surface area contributed by atoms with Crippen molar-refractivity contribution < 1.29 is 52.5 Å². The lowest BCUT2D eigenvalue weighted by Crippen LogP contribution is -2.58. The van der Waals surface area contributed by atoms with Gasteiger partial charge in [0.2, 0.25) is 17.7 Å². The van der Waals surface area contributed by atoms with Crippen LogP contribution in [-0.4, -0.2) is 102 Å². The highest BCUT2D eigenvalue weighted by Crippen LogP contribution is 2.34. The summed E-state index contributed by atoms with van der Waals surface area (Å²) in [5.41, 5.74) is 5.27. The van der Waals surface area contributed by atoms with E-state index in [4.69, 9.17) is 23.7 Å². The number of hydrogen-bond donors (Lipinski definition) is 4. The first-order valence-electron chi connectivity index (χ1n) is 28.0. The van der Waals surface area contributed by atoms with Gasteiger partial charge in [0.05, 0.1) is 6.04 Å². The maximum absolute atomic E-state index is 15.4. The van der Waals surface area contributed by atoms with Gasteiger partial charge >= 0.3 is 18.3 Å². The summed E-state index contributed by atoms with van der Waals surface area (Å²) < 4.78 is 30.0. The molecule has 17 nitrogen and oxygen atoms in total. The van der Waals surface area contributed by atoms with E-state index < -0.39 is 59.7 Å². The summed E-state index contributed by atoms with van der Waals surface area (Å²) in [5, 5.41) is 11.6. The first-order valence-corrected chi connectivity index (χ1v) is 28.0. The number of carbonyl (C=O) groups excluding carboxylic acids is 6.